The van der Waals surface area contributed by atoms with Crippen LogP contribution < -0.4 is 10.6 Å². The van der Waals surface area contributed by atoms with E-state index in [1.807, 2.05) is 35.1 Å². The summed E-state index contributed by atoms with van der Waals surface area (Å²) in [5, 5.41) is 10.8. The van der Waals surface area contributed by atoms with Crippen LogP contribution in [-0.4, -0.2) is 22.2 Å². The Labute approximate surface area is 130 Å². The lowest BCUT2D eigenvalue weighted by molar-refractivity contribution is -0.116. The monoisotopic (exact) mass is 298 g/mol. The Balaban J connectivity index is 1.65. The van der Waals surface area contributed by atoms with E-state index in [9.17, 15) is 4.79 Å². The number of para-hydroxylation sites is 1. The largest absolute Gasteiger partial charge is 0.326 e. The minimum Gasteiger partial charge on any atom is -0.326 e. The Morgan fingerprint density at radius 1 is 1.36 bits per heavy atom. The van der Waals surface area contributed by atoms with Gasteiger partial charge in [0.05, 0.1) is 5.69 Å². The number of nitrogens with zero attached hydrogens (tertiary/aromatic N) is 2. The fourth-order valence-electron chi connectivity index (χ4n) is 3.01. The minimum atomic E-state index is 0.0951. The topological polar surface area (TPSA) is 59.0 Å². The van der Waals surface area contributed by atoms with Gasteiger partial charge in [-0.25, -0.2) is 0 Å². The number of nitrogens with one attached hydrogen (secondary N) is 2. The highest BCUT2D eigenvalue weighted by Crippen LogP contribution is 2.31. The summed E-state index contributed by atoms with van der Waals surface area (Å²) in [5.74, 6) is 0.318. The first-order chi connectivity index (χ1) is 10.6. The Bertz CT molecular complexity index is 662. The molecule has 0 saturated carbocycles. The number of carbonyl (C=O) groups excluding carboxylic acids is 1. The molecule has 1 aliphatic rings. The Hall–Kier alpha value is -2.14. The maximum Gasteiger partial charge on any atom is 0.225 e. The molecule has 22 heavy (non-hydrogen) atoms. The number of benzene rings is 1. The van der Waals surface area contributed by atoms with E-state index in [1.54, 1.807) is 0 Å². The molecular formula is C17H22N4O. The summed E-state index contributed by atoms with van der Waals surface area (Å²) in [6.07, 6.45) is 2.37. The van der Waals surface area contributed by atoms with Crippen molar-refractivity contribution in [3.8, 4) is 0 Å². The normalized spacial score (nSPS) is 17.4. The summed E-state index contributed by atoms with van der Waals surface area (Å²) in [5.41, 5.74) is 3.33. The van der Waals surface area contributed by atoms with E-state index in [4.69, 9.17) is 0 Å². The molecule has 5 heteroatoms. The molecule has 1 aliphatic heterocycles. The second-order valence-corrected chi connectivity index (χ2v) is 6.03. The van der Waals surface area contributed by atoms with Gasteiger partial charge in [-0.2, -0.15) is 5.10 Å². The van der Waals surface area contributed by atoms with Gasteiger partial charge >= 0.3 is 0 Å². The van der Waals surface area contributed by atoms with Crippen LogP contribution in [0.25, 0.3) is 0 Å². The van der Waals surface area contributed by atoms with Crippen LogP contribution in [0.1, 0.15) is 43.5 Å². The summed E-state index contributed by atoms with van der Waals surface area (Å²) in [7, 11) is 0. The second-order valence-electron chi connectivity index (χ2n) is 6.03. The number of hydrogen-bond donors (Lipinski definition) is 2. The number of anilines is 1. The van der Waals surface area contributed by atoms with Crippen LogP contribution in [0.2, 0.25) is 0 Å². The summed E-state index contributed by atoms with van der Waals surface area (Å²) < 4.78 is 2.02. The fraction of sp³-hybridized carbons (Fsp3) is 0.412. The smallest absolute Gasteiger partial charge is 0.225 e. The Morgan fingerprint density at radius 2 is 2.18 bits per heavy atom. The van der Waals surface area contributed by atoms with Crippen molar-refractivity contribution in [3.63, 3.8) is 0 Å². The molecule has 1 atom stereocenters. The third-order valence-electron chi connectivity index (χ3n) is 4.04. The van der Waals surface area contributed by atoms with E-state index in [0.717, 1.165) is 18.8 Å². The predicted molar refractivity (Wildman–Crippen MR) is 86.7 cm³/mol. The second kappa shape index (κ2) is 6.32. The zero-order chi connectivity index (χ0) is 15.5. The van der Waals surface area contributed by atoms with Crippen molar-refractivity contribution in [1.29, 1.82) is 0 Å². The number of carbonyl (C=O) groups is 1. The molecule has 0 fully saturated rings. The van der Waals surface area contributed by atoms with E-state index in [0.29, 0.717) is 12.5 Å². The van der Waals surface area contributed by atoms with E-state index in [-0.39, 0.29) is 11.8 Å². The van der Waals surface area contributed by atoms with Gasteiger partial charge in [-0.05, 0) is 31.5 Å². The lowest BCUT2D eigenvalue weighted by Crippen LogP contribution is -2.30. The van der Waals surface area contributed by atoms with Crippen LogP contribution in [0.4, 0.5) is 5.69 Å². The molecule has 2 aromatic rings. The maximum absolute atomic E-state index is 11.8. The van der Waals surface area contributed by atoms with Crippen molar-refractivity contribution >= 4 is 11.6 Å². The van der Waals surface area contributed by atoms with Crippen molar-refractivity contribution in [1.82, 2.24) is 15.1 Å². The molecular weight excluding hydrogens is 276 g/mol. The molecule has 0 spiro atoms. The van der Waals surface area contributed by atoms with Crippen LogP contribution in [-0.2, 0) is 11.3 Å². The SMILES string of the molecule is CC(C)n1nccc1CNCC1CC(=O)Nc2ccccc21. The molecule has 1 aromatic carbocycles. The van der Waals surface area contributed by atoms with Crippen molar-refractivity contribution in [3.05, 3.63) is 47.8 Å². The van der Waals surface area contributed by atoms with Gasteiger partial charge in [0.25, 0.3) is 0 Å². The highest BCUT2D eigenvalue weighted by Gasteiger charge is 2.24. The van der Waals surface area contributed by atoms with Crippen molar-refractivity contribution in [2.75, 3.05) is 11.9 Å². The number of fused-ring (bicyclic) bond motifs is 1. The van der Waals surface area contributed by atoms with Gasteiger partial charge in [0, 0.05) is 43.4 Å². The number of amides is 1. The van der Waals surface area contributed by atoms with E-state index >= 15 is 0 Å². The molecule has 0 bridgehead atoms. The Morgan fingerprint density at radius 3 is 3.00 bits per heavy atom. The van der Waals surface area contributed by atoms with Gasteiger partial charge in [-0.3, -0.25) is 9.48 Å². The lowest BCUT2D eigenvalue weighted by Gasteiger charge is -2.25. The molecule has 1 amide bonds. The standard InChI is InChI=1S/C17H22N4O/c1-12(2)21-14(7-8-19-21)11-18-10-13-9-17(22)20-16-6-4-3-5-15(13)16/h3-8,12-13,18H,9-11H2,1-2H3,(H,20,22). The van der Waals surface area contributed by atoms with Crippen molar-refractivity contribution in [2.24, 2.45) is 0 Å². The van der Waals surface area contributed by atoms with Gasteiger partial charge in [0.15, 0.2) is 0 Å². The quantitative estimate of drug-likeness (QED) is 0.892. The molecule has 2 heterocycles. The Kier molecular flexibility index (Phi) is 4.24. The third kappa shape index (κ3) is 3.04. The van der Waals surface area contributed by atoms with Gasteiger partial charge in [-0.1, -0.05) is 18.2 Å². The zero-order valence-corrected chi connectivity index (χ0v) is 13.0. The number of rotatable bonds is 5. The molecule has 0 radical (unpaired) electrons. The lowest BCUT2D eigenvalue weighted by atomic mass is 9.90. The minimum absolute atomic E-state index is 0.0951. The molecule has 1 aromatic heterocycles. The summed E-state index contributed by atoms with van der Waals surface area (Å²) in [6.45, 7) is 5.79. The van der Waals surface area contributed by atoms with Gasteiger partial charge in [0.1, 0.15) is 0 Å². The van der Waals surface area contributed by atoms with Crippen LogP contribution in [0.5, 0.6) is 0 Å². The summed E-state index contributed by atoms with van der Waals surface area (Å²) in [4.78, 5) is 11.8. The molecule has 5 nitrogen and oxygen atoms in total. The molecule has 116 valence electrons. The third-order valence-corrected chi connectivity index (χ3v) is 4.04. The first kappa shape index (κ1) is 14.8. The first-order valence-electron chi connectivity index (χ1n) is 7.77. The van der Waals surface area contributed by atoms with Crippen molar-refractivity contribution in [2.45, 2.75) is 38.8 Å². The van der Waals surface area contributed by atoms with Gasteiger partial charge in [-0.15, -0.1) is 0 Å². The van der Waals surface area contributed by atoms with E-state index in [2.05, 4.69) is 35.6 Å². The average molecular weight is 298 g/mol. The molecule has 3 rings (SSSR count). The van der Waals surface area contributed by atoms with Crippen LogP contribution in [0, 0.1) is 0 Å². The van der Waals surface area contributed by atoms with Crippen molar-refractivity contribution < 1.29 is 4.79 Å². The highest BCUT2D eigenvalue weighted by molar-refractivity contribution is 5.94. The molecule has 0 saturated heterocycles. The van der Waals surface area contributed by atoms with Crippen LogP contribution >= 0.6 is 0 Å². The van der Waals surface area contributed by atoms with Crippen LogP contribution in [0.3, 0.4) is 0 Å². The highest BCUT2D eigenvalue weighted by atomic mass is 16.1. The molecule has 2 N–H and O–H groups in total. The fourth-order valence-corrected chi connectivity index (χ4v) is 3.01. The zero-order valence-electron chi connectivity index (χ0n) is 13.0. The molecule has 1 unspecified atom stereocenters. The van der Waals surface area contributed by atoms with E-state index < -0.39 is 0 Å². The molecule has 0 aliphatic carbocycles. The number of hydrogen-bond acceptors (Lipinski definition) is 3. The maximum atomic E-state index is 11.8. The predicted octanol–water partition coefficient (Wildman–Crippen LogP) is 2.68. The summed E-state index contributed by atoms with van der Waals surface area (Å²) >= 11 is 0. The van der Waals surface area contributed by atoms with Gasteiger partial charge in [0.2, 0.25) is 5.91 Å². The first-order valence-corrected chi connectivity index (χ1v) is 7.77. The van der Waals surface area contributed by atoms with Gasteiger partial charge < -0.3 is 10.6 Å². The average Bonchev–Trinajstić information content (AvgIpc) is 2.95. The number of aromatic nitrogens is 2. The van der Waals surface area contributed by atoms with Crippen LogP contribution in [0.15, 0.2) is 36.5 Å². The summed E-state index contributed by atoms with van der Waals surface area (Å²) in [6, 6.07) is 10.4. The van der Waals surface area contributed by atoms with E-state index in [1.165, 1.54) is 11.3 Å².